The predicted octanol–water partition coefficient (Wildman–Crippen LogP) is 2.20. The van der Waals surface area contributed by atoms with E-state index in [1.165, 1.54) is 5.56 Å². The molecule has 80 valence electrons. The first kappa shape index (κ1) is 11.6. The fourth-order valence-corrected chi connectivity index (χ4v) is 1.39. The van der Waals surface area contributed by atoms with Crippen molar-refractivity contribution < 1.29 is 4.74 Å². The number of unbranched alkanes of at least 4 members (excludes halogenated alkanes) is 1. The normalized spacial score (nSPS) is 9.60. The van der Waals surface area contributed by atoms with Gasteiger partial charge in [0.15, 0.2) is 0 Å². The van der Waals surface area contributed by atoms with Gasteiger partial charge in [-0.25, -0.2) is 0 Å². The number of benzene rings is 1. The molecule has 0 aromatic heterocycles. The molecule has 1 N–H and O–H groups in total. The van der Waals surface area contributed by atoms with Crippen LogP contribution in [0.2, 0.25) is 0 Å². The Morgan fingerprint density at radius 2 is 2.20 bits per heavy atom. The fraction of sp³-hybridized carbons (Fsp3) is 0.385. The lowest BCUT2D eigenvalue weighted by Crippen LogP contribution is -2.15. The lowest BCUT2D eigenvalue weighted by molar-refractivity contribution is 0.407. The summed E-state index contributed by atoms with van der Waals surface area (Å²) in [5.41, 5.74) is 1.18. The monoisotopic (exact) mass is 203 g/mol. The van der Waals surface area contributed by atoms with Crippen molar-refractivity contribution in [2.75, 3.05) is 13.7 Å². The number of rotatable bonds is 6. The Morgan fingerprint density at radius 3 is 2.93 bits per heavy atom. The molecule has 0 aliphatic rings. The summed E-state index contributed by atoms with van der Waals surface area (Å²) in [6, 6.07) is 8.02. The summed E-state index contributed by atoms with van der Waals surface area (Å²) in [6.07, 6.45) is 7.02. The maximum Gasteiger partial charge on any atom is 0.123 e. The first-order valence-electron chi connectivity index (χ1n) is 5.14. The third-order valence-corrected chi connectivity index (χ3v) is 2.18. The third-order valence-electron chi connectivity index (χ3n) is 2.18. The first-order chi connectivity index (χ1) is 7.38. The molecule has 15 heavy (non-hydrogen) atoms. The number of ether oxygens (including phenoxy) is 1. The van der Waals surface area contributed by atoms with Gasteiger partial charge in [0, 0.05) is 18.5 Å². The van der Waals surface area contributed by atoms with Crippen LogP contribution < -0.4 is 10.1 Å². The molecule has 2 heteroatoms. The number of nitrogens with one attached hydrogen (secondary N) is 1. The van der Waals surface area contributed by atoms with Crippen LogP contribution in [0.5, 0.6) is 5.75 Å². The highest BCUT2D eigenvalue weighted by Gasteiger charge is 1.99. The van der Waals surface area contributed by atoms with Gasteiger partial charge in [-0.2, -0.15) is 0 Å². The van der Waals surface area contributed by atoms with Gasteiger partial charge in [0.05, 0.1) is 7.11 Å². The number of methoxy groups -OCH3 is 1. The fourth-order valence-electron chi connectivity index (χ4n) is 1.39. The Hall–Kier alpha value is -1.46. The van der Waals surface area contributed by atoms with Crippen LogP contribution in [0.3, 0.4) is 0 Å². The van der Waals surface area contributed by atoms with Gasteiger partial charge in [-0.05, 0) is 19.0 Å². The SMILES string of the molecule is C#CCCCNCc1ccccc1OC. The lowest BCUT2D eigenvalue weighted by atomic mass is 10.2. The molecule has 0 unspecified atom stereocenters. The Morgan fingerprint density at radius 1 is 1.40 bits per heavy atom. The Kier molecular flexibility index (Phi) is 5.35. The molecule has 1 aromatic rings. The first-order valence-corrected chi connectivity index (χ1v) is 5.14. The van der Waals surface area contributed by atoms with Crippen LogP contribution in [0.15, 0.2) is 24.3 Å². The zero-order valence-corrected chi connectivity index (χ0v) is 9.12. The molecule has 0 aliphatic carbocycles. The molecule has 0 spiro atoms. The highest BCUT2D eigenvalue weighted by Crippen LogP contribution is 2.16. The van der Waals surface area contributed by atoms with E-state index in [0.29, 0.717) is 0 Å². The van der Waals surface area contributed by atoms with Crippen molar-refractivity contribution in [1.29, 1.82) is 0 Å². The van der Waals surface area contributed by atoms with Crippen LogP contribution in [0.4, 0.5) is 0 Å². The van der Waals surface area contributed by atoms with Crippen LogP contribution in [0, 0.1) is 12.3 Å². The average molecular weight is 203 g/mol. The molecule has 0 aliphatic heterocycles. The number of para-hydroxylation sites is 1. The van der Waals surface area contributed by atoms with Gasteiger partial charge in [-0.15, -0.1) is 12.3 Å². The molecule has 1 aromatic carbocycles. The zero-order valence-electron chi connectivity index (χ0n) is 9.12. The molecule has 0 atom stereocenters. The number of hydrogen-bond donors (Lipinski definition) is 1. The molecule has 0 saturated heterocycles. The van der Waals surface area contributed by atoms with Crippen molar-refractivity contribution in [3.8, 4) is 18.1 Å². The van der Waals surface area contributed by atoms with Crippen LogP contribution in [0.1, 0.15) is 18.4 Å². The van der Waals surface area contributed by atoms with E-state index >= 15 is 0 Å². The van der Waals surface area contributed by atoms with E-state index in [2.05, 4.69) is 17.3 Å². The topological polar surface area (TPSA) is 21.3 Å². The predicted molar refractivity (Wildman–Crippen MR) is 62.8 cm³/mol. The van der Waals surface area contributed by atoms with Crippen molar-refractivity contribution in [3.05, 3.63) is 29.8 Å². The van der Waals surface area contributed by atoms with Crippen molar-refractivity contribution in [3.63, 3.8) is 0 Å². The van der Waals surface area contributed by atoms with E-state index in [9.17, 15) is 0 Å². The molecule has 2 nitrogen and oxygen atoms in total. The summed E-state index contributed by atoms with van der Waals surface area (Å²) in [5, 5.41) is 3.34. The second kappa shape index (κ2) is 6.92. The summed E-state index contributed by atoms with van der Waals surface area (Å²) in [6.45, 7) is 1.77. The van der Waals surface area contributed by atoms with E-state index < -0.39 is 0 Å². The second-order valence-corrected chi connectivity index (χ2v) is 3.30. The second-order valence-electron chi connectivity index (χ2n) is 3.30. The molecule has 0 amide bonds. The van der Waals surface area contributed by atoms with Crippen LogP contribution in [-0.2, 0) is 6.54 Å². The van der Waals surface area contributed by atoms with Gasteiger partial charge in [0.25, 0.3) is 0 Å². The lowest BCUT2D eigenvalue weighted by Gasteiger charge is -2.08. The highest BCUT2D eigenvalue weighted by atomic mass is 16.5. The maximum absolute atomic E-state index is 5.25. The summed E-state index contributed by atoms with van der Waals surface area (Å²) in [4.78, 5) is 0. The van der Waals surface area contributed by atoms with Gasteiger partial charge < -0.3 is 10.1 Å². The maximum atomic E-state index is 5.25. The van der Waals surface area contributed by atoms with Gasteiger partial charge in [-0.1, -0.05) is 18.2 Å². The van der Waals surface area contributed by atoms with E-state index in [1.807, 2.05) is 18.2 Å². The van der Waals surface area contributed by atoms with Crippen molar-refractivity contribution in [2.24, 2.45) is 0 Å². The summed E-state index contributed by atoms with van der Waals surface area (Å²) in [5.74, 6) is 3.56. The molecular formula is C13H17NO. The molecule has 0 heterocycles. The summed E-state index contributed by atoms with van der Waals surface area (Å²) < 4.78 is 5.25. The molecule has 1 rings (SSSR count). The van der Waals surface area contributed by atoms with E-state index in [4.69, 9.17) is 11.2 Å². The van der Waals surface area contributed by atoms with Crippen molar-refractivity contribution >= 4 is 0 Å². The Labute approximate surface area is 91.6 Å². The smallest absolute Gasteiger partial charge is 0.123 e. The molecule has 0 bridgehead atoms. The van der Waals surface area contributed by atoms with Crippen LogP contribution >= 0.6 is 0 Å². The summed E-state index contributed by atoms with van der Waals surface area (Å²) in [7, 11) is 1.69. The zero-order chi connectivity index (χ0) is 10.9. The largest absolute Gasteiger partial charge is 0.496 e. The Bertz CT molecular complexity index is 328. The molecule has 0 radical (unpaired) electrons. The highest BCUT2D eigenvalue weighted by molar-refractivity contribution is 5.32. The molecular weight excluding hydrogens is 186 g/mol. The minimum Gasteiger partial charge on any atom is -0.496 e. The third kappa shape index (κ3) is 4.05. The Balaban J connectivity index is 2.34. The van der Waals surface area contributed by atoms with Crippen LogP contribution in [-0.4, -0.2) is 13.7 Å². The van der Waals surface area contributed by atoms with E-state index in [0.717, 1.165) is 31.7 Å². The standard InChI is InChI=1S/C13H17NO/c1-3-4-7-10-14-11-12-8-5-6-9-13(12)15-2/h1,5-6,8-9,14H,4,7,10-11H2,2H3. The number of terminal acetylenes is 1. The van der Waals surface area contributed by atoms with Gasteiger partial charge in [-0.3, -0.25) is 0 Å². The van der Waals surface area contributed by atoms with Crippen molar-refractivity contribution in [2.45, 2.75) is 19.4 Å². The quantitative estimate of drug-likeness (QED) is 0.565. The summed E-state index contributed by atoms with van der Waals surface area (Å²) >= 11 is 0. The number of hydrogen-bond acceptors (Lipinski definition) is 2. The van der Waals surface area contributed by atoms with E-state index in [-0.39, 0.29) is 0 Å². The minimum atomic E-state index is 0.828. The van der Waals surface area contributed by atoms with Gasteiger partial charge in [0.1, 0.15) is 5.75 Å². The van der Waals surface area contributed by atoms with Gasteiger partial charge in [0.2, 0.25) is 0 Å². The minimum absolute atomic E-state index is 0.828. The molecule has 0 fully saturated rings. The van der Waals surface area contributed by atoms with Crippen LogP contribution in [0.25, 0.3) is 0 Å². The van der Waals surface area contributed by atoms with Crippen molar-refractivity contribution in [1.82, 2.24) is 5.32 Å². The average Bonchev–Trinajstić information content (AvgIpc) is 2.29. The van der Waals surface area contributed by atoms with Gasteiger partial charge >= 0.3 is 0 Å². The molecule has 0 saturated carbocycles. The van der Waals surface area contributed by atoms with E-state index in [1.54, 1.807) is 7.11 Å².